The molecule has 1 amide bonds. The quantitative estimate of drug-likeness (QED) is 0.906. The Morgan fingerprint density at radius 2 is 2.12 bits per heavy atom. The summed E-state index contributed by atoms with van der Waals surface area (Å²) in [7, 11) is 0. The number of nitrogens with one attached hydrogen (secondary N) is 1. The molecule has 8 heteroatoms. The molecule has 5 nitrogen and oxygen atoms in total. The number of halogens is 3. The molecular formula is C18H19F3N4O. The van der Waals surface area contributed by atoms with Crippen molar-refractivity contribution in [1.29, 1.82) is 0 Å². The van der Waals surface area contributed by atoms with Gasteiger partial charge >= 0.3 is 6.18 Å². The van der Waals surface area contributed by atoms with Crippen LogP contribution >= 0.6 is 0 Å². The van der Waals surface area contributed by atoms with E-state index in [-0.39, 0.29) is 18.4 Å². The molecule has 1 saturated heterocycles. The number of carbonyl (C=O) groups excluding carboxylic acids is 1. The van der Waals surface area contributed by atoms with Gasteiger partial charge in [-0.15, -0.1) is 0 Å². The zero-order chi connectivity index (χ0) is 18.6. The van der Waals surface area contributed by atoms with Crippen molar-refractivity contribution in [2.75, 3.05) is 18.0 Å². The molecule has 1 fully saturated rings. The van der Waals surface area contributed by atoms with E-state index < -0.39 is 11.7 Å². The molecule has 2 aromatic rings. The SMILES string of the molecule is O=C(Cc1cccnc1)N[C@H]1CCCN(c2ccc(C(F)(F)F)cn2)C1. The van der Waals surface area contributed by atoms with Gasteiger partial charge in [0.2, 0.25) is 5.91 Å². The molecule has 1 aliphatic rings. The number of hydrogen-bond acceptors (Lipinski definition) is 4. The van der Waals surface area contributed by atoms with Crippen molar-refractivity contribution in [1.82, 2.24) is 15.3 Å². The normalized spacial score (nSPS) is 17.8. The Balaban J connectivity index is 1.58. The number of nitrogens with zero attached hydrogens (tertiary/aromatic N) is 3. The van der Waals surface area contributed by atoms with Crippen molar-refractivity contribution in [3.05, 3.63) is 54.0 Å². The predicted molar refractivity (Wildman–Crippen MR) is 90.6 cm³/mol. The van der Waals surface area contributed by atoms with Gasteiger partial charge in [-0.1, -0.05) is 6.07 Å². The lowest BCUT2D eigenvalue weighted by atomic mass is 10.0. The summed E-state index contributed by atoms with van der Waals surface area (Å²) in [6, 6.07) is 5.97. The summed E-state index contributed by atoms with van der Waals surface area (Å²) >= 11 is 0. The van der Waals surface area contributed by atoms with Crippen LogP contribution in [0.5, 0.6) is 0 Å². The number of alkyl halides is 3. The van der Waals surface area contributed by atoms with Crippen molar-refractivity contribution in [2.24, 2.45) is 0 Å². The molecule has 2 aromatic heterocycles. The maximum atomic E-state index is 12.6. The first-order chi connectivity index (χ1) is 12.4. The highest BCUT2D eigenvalue weighted by molar-refractivity contribution is 5.78. The molecule has 0 saturated carbocycles. The van der Waals surface area contributed by atoms with Crippen LogP contribution in [0.15, 0.2) is 42.9 Å². The second-order valence-electron chi connectivity index (χ2n) is 6.29. The molecule has 1 atom stereocenters. The number of amides is 1. The van der Waals surface area contributed by atoms with E-state index in [1.165, 1.54) is 6.07 Å². The Morgan fingerprint density at radius 3 is 2.77 bits per heavy atom. The molecule has 0 unspecified atom stereocenters. The smallest absolute Gasteiger partial charge is 0.355 e. The fourth-order valence-electron chi connectivity index (χ4n) is 3.01. The van der Waals surface area contributed by atoms with Gasteiger partial charge in [-0.2, -0.15) is 13.2 Å². The molecule has 0 bridgehead atoms. The van der Waals surface area contributed by atoms with E-state index in [0.29, 0.717) is 18.9 Å². The number of piperidine rings is 1. The van der Waals surface area contributed by atoms with Gasteiger partial charge in [-0.3, -0.25) is 9.78 Å². The van der Waals surface area contributed by atoms with E-state index in [1.54, 1.807) is 18.5 Å². The Labute approximate surface area is 149 Å². The summed E-state index contributed by atoms with van der Waals surface area (Å²) in [5.74, 6) is 0.398. The van der Waals surface area contributed by atoms with Crippen LogP contribution in [0.4, 0.5) is 19.0 Å². The standard InChI is InChI=1S/C18H19F3N4O/c19-18(20,21)14-5-6-16(23-11-14)25-8-2-4-15(12-25)24-17(26)9-13-3-1-7-22-10-13/h1,3,5-7,10-11,15H,2,4,8-9,12H2,(H,24,26)/t15-/m0/s1. The maximum absolute atomic E-state index is 12.6. The van der Waals surface area contributed by atoms with Crippen LogP contribution in [-0.2, 0) is 17.4 Å². The first kappa shape index (κ1) is 18.2. The fraction of sp³-hybridized carbons (Fsp3) is 0.389. The molecule has 0 aromatic carbocycles. The number of pyridine rings is 2. The molecule has 26 heavy (non-hydrogen) atoms. The molecule has 0 radical (unpaired) electrons. The lowest BCUT2D eigenvalue weighted by Crippen LogP contribution is -2.48. The van der Waals surface area contributed by atoms with E-state index in [4.69, 9.17) is 0 Å². The minimum Gasteiger partial charge on any atom is -0.355 e. The molecule has 138 valence electrons. The minimum absolute atomic E-state index is 0.0583. The Hall–Kier alpha value is -2.64. The molecule has 3 rings (SSSR count). The molecule has 1 aliphatic heterocycles. The first-order valence-corrected chi connectivity index (χ1v) is 8.38. The van der Waals surface area contributed by atoms with Crippen LogP contribution in [0.2, 0.25) is 0 Å². The van der Waals surface area contributed by atoms with Gasteiger partial charge in [0.1, 0.15) is 5.82 Å². The number of aromatic nitrogens is 2. The Kier molecular flexibility index (Phi) is 5.39. The van der Waals surface area contributed by atoms with Gasteiger partial charge in [-0.25, -0.2) is 4.98 Å². The first-order valence-electron chi connectivity index (χ1n) is 8.38. The number of anilines is 1. The number of hydrogen-bond donors (Lipinski definition) is 1. The third-order valence-electron chi connectivity index (χ3n) is 4.27. The highest BCUT2D eigenvalue weighted by Gasteiger charge is 2.31. The summed E-state index contributed by atoms with van der Waals surface area (Å²) in [6.07, 6.45) is 1.67. The van der Waals surface area contributed by atoms with Crippen molar-refractivity contribution >= 4 is 11.7 Å². The van der Waals surface area contributed by atoms with Gasteiger partial charge in [0.05, 0.1) is 12.0 Å². The van der Waals surface area contributed by atoms with Crippen LogP contribution in [0, 0.1) is 0 Å². The van der Waals surface area contributed by atoms with E-state index in [1.807, 2.05) is 11.0 Å². The number of rotatable bonds is 4. The highest BCUT2D eigenvalue weighted by atomic mass is 19.4. The van der Waals surface area contributed by atoms with E-state index in [0.717, 1.165) is 30.7 Å². The lowest BCUT2D eigenvalue weighted by Gasteiger charge is -2.34. The summed E-state index contributed by atoms with van der Waals surface area (Å²) in [5, 5.41) is 2.99. The Bertz CT molecular complexity index is 734. The molecule has 3 heterocycles. The zero-order valence-corrected chi connectivity index (χ0v) is 14.0. The van der Waals surface area contributed by atoms with Crippen molar-refractivity contribution in [2.45, 2.75) is 31.5 Å². The third kappa shape index (κ3) is 4.71. The summed E-state index contributed by atoms with van der Waals surface area (Å²) in [4.78, 5) is 22.0. The van der Waals surface area contributed by atoms with Gasteiger partial charge in [-0.05, 0) is 36.6 Å². The van der Waals surface area contributed by atoms with E-state index >= 15 is 0 Å². The molecule has 1 N–H and O–H groups in total. The minimum atomic E-state index is -4.39. The van der Waals surface area contributed by atoms with Gasteiger partial charge in [0, 0.05) is 37.7 Å². The van der Waals surface area contributed by atoms with E-state index in [2.05, 4.69) is 15.3 Å². The van der Waals surface area contributed by atoms with Crippen LogP contribution in [-0.4, -0.2) is 35.0 Å². The Morgan fingerprint density at radius 1 is 1.27 bits per heavy atom. The summed E-state index contributed by atoms with van der Waals surface area (Å²) in [5.41, 5.74) is 0.0710. The second-order valence-corrected chi connectivity index (χ2v) is 6.29. The van der Waals surface area contributed by atoms with Crippen LogP contribution in [0.1, 0.15) is 24.0 Å². The van der Waals surface area contributed by atoms with Crippen LogP contribution < -0.4 is 10.2 Å². The summed E-state index contributed by atoms with van der Waals surface area (Å²) in [6.45, 7) is 1.23. The largest absolute Gasteiger partial charge is 0.417 e. The second kappa shape index (κ2) is 7.72. The average Bonchev–Trinajstić information content (AvgIpc) is 2.62. The number of carbonyl (C=O) groups is 1. The third-order valence-corrected chi connectivity index (χ3v) is 4.27. The monoisotopic (exact) mass is 364 g/mol. The van der Waals surface area contributed by atoms with Gasteiger partial charge in [0.25, 0.3) is 0 Å². The van der Waals surface area contributed by atoms with Crippen molar-refractivity contribution in [3.8, 4) is 0 Å². The highest BCUT2D eigenvalue weighted by Crippen LogP contribution is 2.29. The maximum Gasteiger partial charge on any atom is 0.417 e. The van der Waals surface area contributed by atoms with Crippen LogP contribution in [0.25, 0.3) is 0 Å². The zero-order valence-electron chi connectivity index (χ0n) is 14.0. The van der Waals surface area contributed by atoms with Gasteiger partial charge in [0.15, 0.2) is 0 Å². The van der Waals surface area contributed by atoms with E-state index in [9.17, 15) is 18.0 Å². The summed E-state index contributed by atoms with van der Waals surface area (Å²) < 4.78 is 37.9. The predicted octanol–water partition coefficient (Wildman–Crippen LogP) is 2.82. The van der Waals surface area contributed by atoms with Crippen LogP contribution in [0.3, 0.4) is 0 Å². The van der Waals surface area contributed by atoms with Gasteiger partial charge < -0.3 is 10.2 Å². The average molecular weight is 364 g/mol. The topological polar surface area (TPSA) is 58.1 Å². The van der Waals surface area contributed by atoms with Crippen molar-refractivity contribution < 1.29 is 18.0 Å². The fourth-order valence-corrected chi connectivity index (χ4v) is 3.01. The van der Waals surface area contributed by atoms with Crippen molar-refractivity contribution in [3.63, 3.8) is 0 Å². The lowest BCUT2D eigenvalue weighted by molar-refractivity contribution is -0.137. The molecule has 0 spiro atoms. The molecule has 0 aliphatic carbocycles. The molecular weight excluding hydrogens is 345 g/mol.